The number of hydrogen-bond donors (Lipinski definition) is 4. The summed E-state index contributed by atoms with van der Waals surface area (Å²) >= 11 is 0. The molecular weight excluding hydrogens is 431 g/mol. The highest BCUT2D eigenvalue weighted by Gasteiger charge is 2.27. The lowest BCUT2D eigenvalue weighted by molar-refractivity contribution is 0.328. The highest BCUT2D eigenvalue weighted by molar-refractivity contribution is 7.58. The Kier molecular flexibility index (Phi) is 12.8. The van der Waals surface area contributed by atoms with Gasteiger partial charge in [0.25, 0.3) is 0 Å². The minimum atomic E-state index is -3.55. The summed E-state index contributed by atoms with van der Waals surface area (Å²) in [6, 6.07) is 30.2. The molecule has 0 spiro atoms. The van der Waals surface area contributed by atoms with Gasteiger partial charge in [0.15, 0.2) is 0 Å². The SMILES string of the molecule is O[P+](O)(O)CCCCCCCCCC(c1ccccc1)c1ccccc1.Oc1ccccc1. The maximum absolute atomic E-state index is 8.95. The maximum atomic E-state index is 8.95. The Morgan fingerprint density at radius 2 is 0.909 bits per heavy atom. The molecule has 0 aliphatic carbocycles. The molecule has 0 aromatic heterocycles. The average molecular weight is 470 g/mol. The third-order valence-corrected chi connectivity index (χ3v) is 6.53. The average Bonchev–Trinajstić information content (AvgIpc) is 2.82. The van der Waals surface area contributed by atoms with Gasteiger partial charge in [0, 0.05) is 5.92 Å². The van der Waals surface area contributed by atoms with E-state index in [0.717, 1.165) is 12.8 Å². The Labute approximate surface area is 199 Å². The molecule has 3 aromatic carbocycles. The summed E-state index contributed by atoms with van der Waals surface area (Å²) in [5, 5.41) is 8.63. The van der Waals surface area contributed by atoms with E-state index >= 15 is 0 Å². The van der Waals surface area contributed by atoms with Gasteiger partial charge in [-0.2, -0.15) is 14.7 Å². The Balaban J connectivity index is 0.000000468. The van der Waals surface area contributed by atoms with Crippen molar-refractivity contribution in [2.45, 2.75) is 57.3 Å². The van der Waals surface area contributed by atoms with E-state index in [1.165, 1.54) is 43.2 Å². The van der Waals surface area contributed by atoms with E-state index in [9.17, 15) is 0 Å². The molecule has 33 heavy (non-hydrogen) atoms. The molecule has 4 nitrogen and oxygen atoms in total. The number of hydrogen-bond acceptors (Lipinski definition) is 4. The molecule has 0 heterocycles. The molecule has 0 aliphatic heterocycles. The van der Waals surface area contributed by atoms with Gasteiger partial charge in [-0.05, 0) is 42.5 Å². The highest BCUT2D eigenvalue weighted by atomic mass is 31.2. The highest BCUT2D eigenvalue weighted by Crippen LogP contribution is 2.45. The van der Waals surface area contributed by atoms with E-state index in [2.05, 4.69) is 60.7 Å². The number of rotatable bonds is 12. The molecule has 0 saturated carbocycles. The van der Waals surface area contributed by atoms with E-state index in [1.807, 2.05) is 6.07 Å². The molecular formula is C28H38O4P+. The molecule has 3 rings (SSSR count). The van der Waals surface area contributed by atoms with E-state index in [1.54, 1.807) is 24.3 Å². The molecule has 0 saturated heterocycles. The largest absolute Gasteiger partial charge is 0.508 e. The molecule has 0 atom stereocenters. The van der Waals surface area contributed by atoms with Crippen LogP contribution in [0.25, 0.3) is 0 Å². The molecule has 5 heteroatoms. The van der Waals surface area contributed by atoms with Crippen LogP contribution in [0.5, 0.6) is 5.75 Å². The van der Waals surface area contributed by atoms with Crippen LogP contribution in [0.2, 0.25) is 0 Å². The van der Waals surface area contributed by atoms with E-state index in [-0.39, 0.29) is 6.16 Å². The number of phenolic OH excluding ortho intramolecular Hbond substituents is 1. The van der Waals surface area contributed by atoms with Crippen molar-refractivity contribution in [3.63, 3.8) is 0 Å². The zero-order chi connectivity index (χ0) is 23.8. The first-order valence-corrected chi connectivity index (χ1v) is 13.7. The first kappa shape index (κ1) is 27.0. The van der Waals surface area contributed by atoms with Gasteiger partial charge in [0.1, 0.15) is 11.9 Å². The summed E-state index contributed by atoms with van der Waals surface area (Å²) in [6.07, 6.45) is 8.90. The molecule has 0 amide bonds. The lowest BCUT2D eigenvalue weighted by atomic mass is 9.87. The molecule has 0 radical (unpaired) electrons. The monoisotopic (exact) mass is 469 g/mol. The van der Waals surface area contributed by atoms with Crippen molar-refractivity contribution in [2.24, 2.45) is 0 Å². The van der Waals surface area contributed by atoms with Gasteiger partial charge in [-0.1, -0.05) is 111 Å². The maximum Gasteiger partial charge on any atom is 0.403 e. The van der Waals surface area contributed by atoms with Gasteiger partial charge in [-0.3, -0.25) is 0 Å². The van der Waals surface area contributed by atoms with Crippen molar-refractivity contribution >= 4 is 7.94 Å². The van der Waals surface area contributed by atoms with Crippen LogP contribution >= 0.6 is 7.94 Å². The number of phenols is 1. The van der Waals surface area contributed by atoms with Gasteiger partial charge in [0.2, 0.25) is 0 Å². The normalized spacial score (nSPS) is 11.2. The predicted octanol–water partition coefficient (Wildman–Crippen LogP) is 7.07. The first-order valence-electron chi connectivity index (χ1n) is 11.9. The van der Waals surface area contributed by atoms with Crippen LogP contribution < -0.4 is 0 Å². The van der Waals surface area contributed by atoms with Crippen LogP contribution in [-0.2, 0) is 0 Å². The Bertz CT molecular complexity index is 812. The lowest BCUT2D eigenvalue weighted by Crippen LogP contribution is -2.01. The van der Waals surface area contributed by atoms with Gasteiger partial charge >= 0.3 is 7.94 Å². The summed E-state index contributed by atoms with van der Waals surface area (Å²) in [5.41, 5.74) is 2.78. The summed E-state index contributed by atoms with van der Waals surface area (Å²) < 4.78 is 0. The zero-order valence-electron chi connectivity index (χ0n) is 19.3. The second-order valence-electron chi connectivity index (χ2n) is 8.39. The second kappa shape index (κ2) is 15.6. The summed E-state index contributed by atoms with van der Waals surface area (Å²) in [7, 11) is -3.55. The van der Waals surface area contributed by atoms with Gasteiger partial charge in [0.05, 0.1) is 0 Å². The van der Waals surface area contributed by atoms with Crippen LogP contribution in [0, 0.1) is 0 Å². The zero-order valence-corrected chi connectivity index (χ0v) is 20.2. The molecule has 0 fully saturated rings. The van der Waals surface area contributed by atoms with E-state index < -0.39 is 7.94 Å². The van der Waals surface area contributed by atoms with Crippen LogP contribution in [0.1, 0.15) is 68.4 Å². The molecule has 0 aliphatic rings. The second-order valence-corrected chi connectivity index (χ2v) is 10.2. The van der Waals surface area contributed by atoms with Crippen LogP contribution in [0.15, 0.2) is 91.0 Å². The standard InChI is InChI=1S/C22H32O3P.C6H6O/c23-26(24,25)19-13-5-3-1-2-4-12-18-22(20-14-8-6-9-15-20)21-16-10-7-11-17-21;7-6-4-2-1-3-5-6/h6-11,14-17,22-25H,1-5,12-13,18-19H2;1-5,7H/q+1;. The third-order valence-electron chi connectivity index (χ3n) is 5.61. The number of benzene rings is 3. The summed E-state index contributed by atoms with van der Waals surface area (Å²) in [4.78, 5) is 26.9. The van der Waals surface area contributed by atoms with Crippen molar-refractivity contribution in [3.8, 4) is 5.75 Å². The van der Waals surface area contributed by atoms with Crippen molar-refractivity contribution in [1.82, 2.24) is 0 Å². The number of unbranched alkanes of at least 4 members (excludes halogenated alkanes) is 6. The molecule has 0 unspecified atom stereocenters. The van der Waals surface area contributed by atoms with Gasteiger partial charge in [-0.15, -0.1) is 0 Å². The number of aromatic hydroxyl groups is 1. The van der Waals surface area contributed by atoms with E-state index in [4.69, 9.17) is 19.8 Å². The van der Waals surface area contributed by atoms with Crippen LogP contribution in [0.3, 0.4) is 0 Å². The fourth-order valence-electron chi connectivity index (χ4n) is 3.88. The minimum Gasteiger partial charge on any atom is -0.508 e. The molecule has 178 valence electrons. The van der Waals surface area contributed by atoms with Crippen molar-refractivity contribution in [2.75, 3.05) is 6.16 Å². The third kappa shape index (κ3) is 12.6. The predicted molar refractivity (Wildman–Crippen MR) is 138 cm³/mol. The fourth-order valence-corrected chi connectivity index (χ4v) is 4.53. The van der Waals surface area contributed by atoms with Crippen molar-refractivity contribution < 1.29 is 19.8 Å². The molecule has 4 N–H and O–H groups in total. The first-order chi connectivity index (χ1) is 16.0. The number of para-hydroxylation sites is 1. The van der Waals surface area contributed by atoms with Gasteiger partial charge < -0.3 is 5.11 Å². The Morgan fingerprint density at radius 1 is 0.515 bits per heavy atom. The fraction of sp³-hybridized carbons (Fsp3) is 0.357. The smallest absolute Gasteiger partial charge is 0.403 e. The summed E-state index contributed by atoms with van der Waals surface area (Å²) in [5.74, 6) is 0.788. The van der Waals surface area contributed by atoms with Crippen molar-refractivity contribution in [3.05, 3.63) is 102 Å². The topological polar surface area (TPSA) is 80.9 Å². The van der Waals surface area contributed by atoms with E-state index in [0.29, 0.717) is 18.1 Å². The van der Waals surface area contributed by atoms with Crippen molar-refractivity contribution in [1.29, 1.82) is 0 Å². The van der Waals surface area contributed by atoms with Crippen LogP contribution in [-0.4, -0.2) is 25.9 Å². The molecule has 3 aromatic rings. The Hall–Kier alpha value is -2.23. The van der Waals surface area contributed by atoms with Crippen LogP contribution in [0.4, 0.5) is 0 Å². The molecule has 0 bridgehead atoms. The quantitative estimate of drug-likeness (QED) is 0.169. The summed E-state index contributed by atoms with van der Waals surface area (Å²) in [6.45, 7) is 0. The minimum absolute atomic E-state index is 0.142. The van der Waals surface area contributed by atoms with Gasteiger partial charge in [-0.25, -0.2) is 0 Å². The lowest BCUT2D eigenvalue weighted by Gasteiger charge is -2.18. The Morgan fingerprint density at radius 3 is 1.30 bits per heavy atom.